The van der Waals surface area contributed by atoms with Crippen molar-refractivity contribution < 1.29 is 24.2 Å². The van der Waals surface area contributed by atoms with Gasteiger partial charge in [0.1, 0.15) is 0 Å². The number of aromatic nitrogens is 1. The van der Waals surface area contributed by atoms with Crippen LogP contribution in [0.2, 0.25) is 0 Å². The molecule has 0 aliphatic carbocycles. The summed E-state index contributed by atoms with van der Waals surface area (Å²) in [6.07, 6.45) is 3.09. The van der Waals surface area contributed by atoms with E-state index in [1.165, 1.54) is 27.6 Å². The summed E-state index contributed by atoms with van der Waals surface area (Å²) in [6, 6.07) is 12.1. The van der Waals surface area contributed by atoms with Gasteiger partial charge in [0.2, 0.25) is 5.78 Å². The number of thiazole rings is 1. The molecule has 0 saturated carbocycles. The Kier molecular flexibility index (Phi) is 8.23. The number of anilines is 1. The fraction of sp³-hybridized carbons (Fsp3) is 0.323. The van der Waals surface area contributed by atoms with Crippen molar-refractivity contribution in [2.75, 3.05) is 18.1 Å². The molecule has 1 amide bonds. The third-order valence-corrected chi connectivity index (χ3v) is 8.68. The van der Waals surface area contributed by atoms with Crippen LogP contribution in [0.1, 0.15) is 65.5 Å². The summed E-state index contributed by atoms with van der Waals surface area (Å²) in [5.74, 6) is -0.485. The first-order valence-electron chi connectivity index (χ1n) is 13.5. The van der Waals surface area contributed by atoms with Crippen molar-refractivity contribution in [1.29, 1.82) is 0 Å². The minimum atomic E-state index is -0.891. The van der Waals surface area contributed by atoms with Crippen LogP contribution in [0.15, 0.2) is 59.2 Å². The number of Topliss-reactive ketones (excluding diaryl/α,β-unsaturated/α-hetero) is 1. The number of carbonyl (C=O) groups is 2. The second-order valence-electron chi connectivity index (χ2n) is 9.77. The highest BCUT2D eigenvalue weighted by atomic mass is 32.1. The number of amides is 1. The van der Waals surface area contributed by atoms with Crippen LogP contribution in [0.25, 0.3) is 10.2 Å². The molecule has 0 saturated heterocycles. The SMILES string of the molecule is CCCCCOc1ccc(C2C(C(=O)c3cccs3)=C(O)C(=O)N2c2nc3c(C)cc(C)cc3s2)cc1OCC. The molecule has 4 aromatic rings. The van der Waals surface area contributed by atoms with E-state index < -0.39 is 17.7 Å². The number of ketones is 1. The molecular weight excluding hydrogens is 544 g/mol. The van der Waals surface area contributed by atoms with Crippen LogP contribution in [0.3, 0.4) is 0 Å². The van der Waals surface area contributed by atoms with Crippen molar-refractivity contribution in [3.05, 3.63) is 80.7 Å². The van der Waals surface area contributed by atoms with E-state index in [1.54, 1.807) is 23.6 Å². The van der Waals surface area contributed by atoms with E-state index in [2.05, 4.69) is 6.92 Å². The molecule has 2 aromatic carbocycles. The molecule has 0 spiro atoms. The molecule has 1 aliphatic heterocycles. The third kappa shape index (κ3) is 5.23. The van der Waals surface area contributed by atoms with Gasteiger partial charge < -0.3 is 14.6 Å². The third-order valence-electron chi connectivity index (χ3n) is 6.81. The Hall–Kier alpha value is -3.69. The van der Waals surface area contributed by atoms with Gasteiger partial charge in [-0.2, -0.15) is 0 Å². The Balaban J connectivity index is 1.63. The van der Waals surface area contributed by atoms with E-state index in [0.717, 1.165) is 40.6 Å². The lowest BCUT2D eigenvalue weighted by Gasteiger charge is -2.25. The van der Waals surface area contributed by atoms with E-state index in [4.69, 9.17) is 14.5 Å². The Morgan fingerprint density at radius 1 is 1.07 bits per heavy atom. The summed E-state index contributed by atoms with van der Waals surface area (Å²) >= 11 is 2.63. The predicted molar refractivity (Wildman–Crippen MR) is 160 cm³/mol. The number of nitrogens with zero attached hydrogens (tertiary/aromatic N) is 2. The highest BCUT2D eigenvalue weighted by Crippen LogP contribution is 2.46. The van der Waals surface area contributed by atoms with E-state index in [0.29, 0.717) is 40.3 Å². The fourth-order valence-corrected chi connectivity index (χ4v) is 6.82. The lowest BCUT2D eigenvalue weighted by molar-refractivity contribution is -0.117. The lowest BCUT2D eigenvalue weighted by Crippen LogP contribution is -2.31. The minimum Gasteiger partial charge on any atom is -0.503 e. The van der Waals surface area contributed by atoms with Gasteiger partial charge in [0, 0.05) is 0 Å². The van der Waals surface area contributed by atoms with Crippen LogP contribution in [0, 0.1) is 13.8 Å². The average Bonchev–Trinajstić information content (AvgIpc) is 3.66. The molecule has 5 rings (SSSR count). The summed E-state index contributed by atoms with van der Waals surface area (Å²) in [4.78, 5) is 34.1. The molecular formula is C31H32N2O5S2. The van der Waals surface area contributed by atoms with Crippen LogP contribution < -0.4 is 14.4 Å². The van der Waals surface area contributed by atoms with Crippen molar-refractivity contribution >= 4 is 49.7 Å². The van der Waals surface area contributed by atoms with Crippen LogP contribution in [0.4, 0.5) is 5.13 Å². The zero-order chi connectivity index (χ0) is 28.4. The zero-order valence-corrected chi connectivity index (χ0v) is 24.7. The van der Waals surface area contributed by atoms with Crippen LogP contribution in [-0.4, -0.2) is 35.0 Å². The number of thiophene rings is 1. The summed E-state index contributed by atoms with van der Waals surface area (Å²) in [5, 5.41) is 13.4. The quantitative estimate of drug-likeness (QED) is 0.145. The number of aryl methyl sites for hydroxylation is 2. The van der Waals surface area contributed by atoms with Crippen molar-refractivity contribution in [1.82, 2.24) is 4.98 Å². The first kappa shape index (κ1) is 27.9. The summed E-state index contributed by atoms with van der Waals surface area (Å²) in [6.45, 7) is 9.01. The molecule has 40 heavy (non-hydrogen) atoms. The molecule has 0 bridgehead atoms. The van der Waals surface area contributed by atoms with Gasteiger partial charge in [-0.15, -0.1) is 11.3 Å². The Morgan fingerprint density at radius 3 is 2.62 bits per heavy atom. The molecule has 9 heteroatoms. The molecule has 0 radical (unpaired) electrons. The minimum absolute atomic E-state index is 0.0265. The maximum Gasteiger partial charge on any atom is 0.296 e. The Bertz CT molecular complexity index is 1590. The van der Waals surface area contributed by atoms with Gasteiger partial charge in [0.05, 0.1) is 39.9 Å². The number of rotatable bonds is 11. The van der Waals surface area contributed by atoms with E-state index >= 15 is 0 Å². The fourth-order valence-electron chi connectivity index (χ4n) is 4.97. The second-order valence-corrected chi connectivity index (χ2v) is 11.7. The van der Waals surface area contributed by atoms with E-state index in [1.807, 2.05) is 45.0 Å². The van der Waals surface area contributed by atoms with E-state index in [-0.39, 0.29) is 11.4 Å². The summed E-state index contributed by atoms with van der Waals surface area (Å²) in [7, 11) is 0. The number of aliphatic hydroxyl groups excluding tert-OH is 1. The molecule has 1 N–H and O–H groups in total. The van der Waals surface area contributed by atoms with Gasteiger partial charge in [0.25, 0.3) is 5.91 Å². The number of aliphatic hydroxyl groups is 1. The number of unbranched alkanes of at least 4 members (excludes halogenated alkanes) is 2. The normalized spacial score (nSPS) is 15.3. The first-order chi connectivity index (χ1) is 19.3. The smallest absolute Gasteiger partial charge is 0.296 e. The van der Waals surface area contributed by atoms with Crippen LogP contribution in [0.5, 0.6) is 11.5 Å². The van der Waals surface area contributed by atoms with Gasteiger partial charge >= 0.3 is 0 Å². The van der Waals surface area contributed by atoms with Crippen LogP contribution >= 0.6 is 22.7 Å². The molecule has 1 aliphatic rings. The van der Waals surface area contributed by atoms with Gasteiger partial charge in [-0.1, -0.05) is 49.3 Å². The van der Waals surface area contributed by atoms with Gasteiger partial charge in [0.15, 0.2) is 22.4 Å². The van der Waals surface area contributed by atoms with Crippen LogP contribution in [-0.2, 0) is 4.79 Å². The second kappa shape index (κ2) is 11.8. The molecule has 0 fully saturated rings. The number of benzene rings is 2. The van der Waals surface area contributed by atoms with Crippen molar-refractivity contribution in [3.63, 3.8) is 0 Å². The van der Waals surface area contributed by atoms with Gasteiger partial charge in [-0.05, 0) is 73.5 Å². The molecule has 1 unspecified atom stereocenters. The first-order valence-corrected chi connectivity index (χ1v) is 15.2. The maximum atomic E-state index is 13.7. The lowest BCUT2D eigenvalue weighted by atomic mass is 9.95. The van der Waals surface area contributed by atoms with Gasteiger partial charge in [-0.25, -0.2) is 4.98 Å². The Morgan fingerprint density at radius 2 is 1.90 bits per heavy atom. The number of hydrogen-bond donors (Lipinski definition) is 1. The van der Waals surface area contributed by atoms with Crippen molar-refractivity contribution in [2.24, 2.45) is 0 Å². The van der Waals surface area contributed by atoms with Gasteiger partial charge in [-0.3, -0.25) is 14.5 Å². The number of ether oxygens (including phenoxy) is 2. The Labute approximate surface area is 241 Å². The molecule has 1 atom stereocenters. The number of fused-ring (bicyclic) bond motifs is 1. The van der Waals surface area contributed by atoms with Crippen molar-refractivity contribution in [2.45, 2.75) is 53.0 Å². The monoisotopic (exact) mass is 576 g/mol. The molecule has 208 valence electrons. The predicted octanol–water partition coefficient (Wildman–Crippen LogP) is 7.73. The molecule has 3 heterocycles. The van der Waals surface area contributed by atoms with E-state index in [9.17, 15) is 14.7 Å². The van der Waals surface area contributed by atoms with Crippen molar-refractivity contribution in [3.8, 4) is 11.5 Å². The topological polar surface area (TPSA) is 89.0 Å². The average molecular weight is 577 g/mol. The molecule has 7 nitrogen and oxygen atoms in total. The summed E-state index contributed by atoms with van der Waals surface area (Å²) < 4.78 is 12.9. The largest absolute Gasteiger partial charge is 0.503 e. The maximum absolute atomic E-state index is 13.7. The molecule has 2 aromatic heterocycles. The highest BCUT2D eigenvalue weighted by molar-refractivity contribution is 7.22. The standard InChI is InChI=1S/C31H32N2O5S2/c1-5-7-8-13-38-21-12-11-20(17-22(21)37-6-2)27-25(28(34)23-10-9-14-39-23)29(35)30(36)33(27)31-32-26-19(4)15-18(3)16-24(26)40-31/h9-12,14-17,27,35H,5-8,13H2,1-4H3. The number of hydrogen-bond acceptors (Lipinski definition) is 8. The highest BCUT2D eigenvalue weighted by Gasteiger charge is 2.46. The zero-order valence-electron chi connectivity index (χ0n) is 23.0. The summed E-state index contributed by atoms with van der Waals surface area (Å²) in [5.41, 5.74) is 3.53. The number of carbonyl (C=O) groups excluding carboxylic acids is 2.